The maximum absolute atomic E-state index is 13.7. The quantitative estimate of drug-likeness (QED) is 0.775. The van der Waals surface area contributed by atoms with Gasteiger partial charge in [-0.1, -0.05) is 12.1 Å². The van der Waals surface area contributed by atoms with E-state index in [2.05, 4.69) is 5.32 Å². The molecule has 0 aliphatic rings. The van der Waals surface area contributed by atoms with Crippen molar-refractivity contribution in [3.8, 4) is 0 Å². The van der Waals surface area contributed by atoms with Crippen molar-refractivity contribution in [3.05, 3.63) is 74.9 Å². The lowest BCUT2D eigenvalue weighted by atomic mass is 10.2. The molecule has 0 bridgehead atoms. The van der Waals surface area contributed by atoms with E-state index in [1.54, 1.807) is 31.2 Å². The van der Waals surface area contributed by atoms with E-state index in [9.17, 15) is 23.2 Å². The Morgan fingerprint density at radius 1 is 1.08 bits per heavy atom. The van der Waals surface area contributed by atoms with Gasteiger partial charge in [-0.3, -0.25) is 18.7 Å². The van der Waals surface area contributed by atoms with Crippen molar-refractivity contribution in [2.75, 3.05) is 5.32 Å². The first-order valence-corrected chi connectivity index (χ1v) is 7.89. The van der Waals surface area contributed by atoms with Crippen LogP contribution >= 0.6 is 0 Å². The molecule has 0 unspecified atom stereocenters. The van der Waals surface area contributed by atoms with E-state index in [1.807, 2.05) is 0 Å². The average Bonchev–Trinajstić information content (AvgIpc) is 2.62. The van der Waals surface area contributed by atoms with Gasteiger partial charge in [0.15, 0.2) is 0 Å². The van der Waals surface area contributed by atoms with E-state index >= 15 is 0 Å². The topological polar surface area (TPSA) is 73.1 Å². The minimum Gasteiger partial charge on any atom is -0.322 e. The lowest BCUT2D eigenvalue weighted by Crippen LogP contribution is -2.41. The molecule has 0 fully saturated rings. The zero-order chi connectivity index (χ0) is 18.8. The van der Waals surface area contributed by atoms with Gasteiger partial charge in [-0.05, 0) is 31.2 Å². The smallest absolute Gasteiger partial charge is 0.322 e. The summed E-state index contributed by atoms with van der Waals surface area (Å²) in [5, 5.41) is 2.53. The van der Waals surface area contributed by atoms with Gasteiger partial charge < -0.3 is 5.32 Å². The van der Waals surface area contributed by atoms with Crippen LogP contribution in [0.4, 0.5) is 14.5 Å². The Balaban J connectivity index is 2.03. The van der Waals surface area contributed by atoms with Crippen molar-refractivity contribution < 1.29 is 13.6 Å². The van der Waals surface area contributed by atoms with Crippen molar-refractivity contribution in [2.24, 2.45) is 0 Å². The largest absolute Gasteiger partial charge is 0.331 e. The van der Waals surface area contributed by atoms with Gasteiger partial charge in [0.05, 0.1) is 16.6 Å². The second-order valence-electron chi connectivity index (χ2n) is 5.61. The minimum atomic E-state index is -0.796. The molecule has 8 heteroatoms. The molecule has 1 aromatic heterocycles. The molecule has 134 valence electrons. The van der Waals surface area contributed by atoms with Gasteiger partial charge in [0.25, 0.3) is 5.56 Å². The summed E-state index contributed by atoms with van der Waals surface area (Å²) >= 11 is 0. The van der Waals surface area contributed by atoms with E-state index in [4.69, 9.17) is 0 Å². The summed E-state index contributed by atoms with van der Waals surface area (Å²) in [5.74, 6) is -2.22. The number of anilines is 1. The van der Waals surface area contributed by atoms with Crippen LogP contribution in [-0.4, -0.2) is 15.0 Å². The highest BCUT2D eigenvalue weighted by atomic mass is 19.1. The number of benzene rings is 2. The lowest BCUT2D eigenvalue weighted by Gasteiger charge is -2.13. The zero-order valence-corrected chi connectivity index (χ0v) is 13.8. The Morgan fingerprint density at radius 2 is 1.81 bits per heavy atom. The van der Waals surface area contributed by atoms with E-state index in [1.165, 1.54) is 0 Å². The molecule has 1 N–H and O–H groups in total. The van der Waals surface area contributed by atoms with Crippen molar-refractivity contribution in [3.63, 3.8) is 0 Å². The number of hydrogen-bond acceptors (Lipinski definition) is 3. The number of carbonyl (C=O) groups is 1. The van der Waals surface area contributed by atoms with Crippen LogP contribution in [0.15, 0.2) is 52.1 Å². The number of nitrogens with zero attached hydrogens (tertiary/aromatic N) is 2. The maximum Gasteiger partial charge on any atom is 0.331 e. The van der Waals surface area contributed by atoms with Gasteiger partial charge in [-0.15, -0.1) is 0 Å². The summed E-state index contributed by atoms with van der Waals surface area (Å²) in [6.07, 6.45) is 0. The molecule has 3 rings (SSSR count). The minimum absolute atomic E-state index is 0.142. The highest BCUT2D eigenvalue weighted by Gasteiger charge is 2.15. The third kappa shape index (κ3) is 3.13. The van der Waals surface area contributed by atoms with Crippen LogP contribution in [0.3, 0.4) is 0 Å². The Hall–Kier alpha value is -3.29. The van der Waals surface area contributed by atoms with Crippen molar-refractivity contribution >= 4 is 22.5 Å². The third-order valence-corrected chi connectivity index (χ3v) is 3.95. The summed E-state index contributed by atoms with van der Waals surface area (Å²) in [6, 6.07) is 9.07. The van der Waals surface area contributed by atoms with Crippen LogP contribution in [0.25, 0.3) is 10.9 Å². The number of hydrogen-bond donors (Lipinski definition) is 1. The van der Waals surface area contributed by atoms with Gasteiger partial charge in [0.2, 0.25) is 5.91 Å². The normalized spacial score (nSPS) is 10.9. The summed E-state index contributed by atoms with van der Waals surface area (Å²) < 4.78 is 29.1. The number of aromatic nitrogens is 2. The zero-order valence-electron chi connectivity index (χ0n) is 13.8. The highest BCUT2D eigenvalue weighted by molar-refractivity contribution is 5.91. The predicted octanol–water partition coefficient (Wildman–Crippen LogP) is 2.10. The van der Waals surface area contributed by atoms with Crippen molar-refractivity contribution in [1.82, 2.24) is 9.13 Å². The second kappa shape index (κ2) is 6.91. The molecule has 0 aliphatic carbocycles. The van der Waals surface area contributed by atoms with Crippen molar-refractivity contribution in [2.45, 2.75) is 20.0 Å². The van der Waals surface area contributed by atoms with Crippen LogP contribution < -0.4 is 16.6 Å². The van der Waals surface area contributed by atoms with Gasteiger partial charge in [-0.2, -0.15) is 0 Å². The fourth-order valence-corrected chi connectivity index (χ4v) is 2.73. The molecule has 0 spiro atoms. The number of nitrogens with one attached hydrogen (secondary N) is 1. The first kappa shape index (κ1) is 17.5. The highest BCUT2D eigenvalue weighted by Crippen LogP contribution is 2.15. The number of amides is 1. The first-order chi connectivity index (χ1) is 12.4. The Labute approximate surface area is 146 Å². The molecular weight excluding hydrogens is 344 g/mol. The second-order valence-corrected chi connectivity index (χ2v) is 5.61. The van der Waals surface area contributed by atoms with E-state index in [-0.39, 0.29) is 12.2 Å². The predicted molar refractivity (Wildman–Crippen MR) is 93.1 cm³/mol. The molecule has 0 atom stereocenters. The fourth-order valence-electron chi connectivity index (χ4n) is 2.73. The molecule has 26 heavy (non-hydrogen) atoms. The Kier molecular flexibility index (Phi) is 4.66. The average molecular weight is 359 g/mol. The molecule has 1 heterocycles. The number of carbonyl (C=O) groups excluding carboxylic acids is 1. The molecule has 0 aliphatic heterocycles. The molecule has 0 radical (unpaired) electrons. The van der Waals surface area contributed by atoms with Crippen LogP contribution in [0, 0.1) is 11.6 Å². The summed E-state index contributed by atoms with van der Waals surface area (Å²) in [7, 11) is 0. The summed E-state index contributed by atoms with van der Waals surface area (Å²) in [4.78, 5) is 37.2. The number of rotatable bonds is 4. The number of halogens is 2. The van der Waals surface area contributed by atoms with Crippen LogP contribution in [0.1, 0.15) is 6.92 Å². The van der Waals surface area contributed by atoms with Crippen LogP contribution in [-0.2, 0) is 17.9 Å². The van der Waals surface area contributed by atoms with Crippen LogP contribution in [0.5, 0.6) is 0 Å². The Bertz CT molecular complexity index is 1120. The molecule has 0 saturated carbocycles. The summed E-state index contributed by atoms with van der Waals surface area (Å²) in [5.41, 5.74) is -1.12. The van der Waals surface area contributed by atoms with Crippen LogP contribution in [0.2, 0.25) is 0 Å². The molecule has 0 saturated heterocycles. The number of para-hydroxylation sites is 1. The maximum atomic E-state index is 13.7. The van der Waals surface area contributed by atoms with Gasteiger partial charge in [0, 0.05) is 12.6 Å². The van der Waals surface area contributed by atoms with Crippen molar-refractivity contribution in [1.29, 1.82) is 0 Å². The lowest BCUT2D eigenvalue weighted by molar-refractivity contribution is -0.116. The first-order valence-electron chi connectivity index (χ1n) is 7.89. The molecular formula is C18H15F2N3O3. The van der Waals surface area contributed by atoms with Gasteiger partial charge in [0.1, 0.15) is 18.2 Å². The Morgan fingerprint density at radius 3 is 2.54 bits per heavy atom. The molecule has 6 nitrogen and oxygen atoms in total. The van der Waals surface area contributed by atoms with Gasteiger partial charge >= 0.3 is 5.69 Å². The number of fused-ring (bicyclic) bond motifs is 1. The summed E-state index contributed by atoms with van der Waals surface area (Å²) in [6.45, 7) is 1.34. The van der Waals surface area contributed by atoms with E-state index < -0.39 is 35.3 Å². The fraction of sp³-hybridized carbons (Fsp3) is 0.167. The SMILES string of the molecule is CCn1c(=O)c2ccccc2n(CC(=O)Nc2cc(F)ccc2F)c1=O. The molecule has 3 aromatic rings. The molecule has 2 aromatic carbocycles. The van der Waals surface area contributed by atoms with Gasteiger partial charge in [-0.25, -0.2) is 13.6 Å². The molecule has 1 amide bonds. The van der Waals surface area contributed by atoms with E-state index in [0.717, 1.165) is 27.3 Å². The monoisotopic (exact) mass is 359 g/mol. The third-order valence-electron chi connectivity index (χ3n) is 3.95. The van der Waals surface area contributed by atoms with E-state index in [0.29, 0.717) is 10.9 Å². The standard InChI is InChI=1S/C18H15F2N3O3/c1-2-22-17(25)12-5-3-4-6-15(12)23(18(22)26)10-16(24)21-14-9-11(19)7-8-13(14)20/h3-9H,2,10H2,1H3,(H,21,24).